The molecule has 2 atom stereocenters. The van der Waals surface area contributed by atoms with Crippen molar-refractivity contribution in [2.24, 2.45) is 17.3 Å². The minimum Gasteiger partial charge on any atom is -0.494 e. The van der Waals surface area contributed by atoms with Crippen molar-refractivity contribution < 1.29 is 24.2 Å². The number of carbonyl (C=O) groups excluding carboxylic acids is 2. The van der Waals surface area contributed by atoms with Crippen LogP contribution in [0.15, 0.2) is 73.1 Å². The van der Waals surface area contributed by atoms with Crippen LogP contribution in [0.2, 0.25) is 0 Å². The molecule has 0 aliphatic carbocycles. The van der Waals surface area contributed by atoms with Gasteiger partial charge >= 0.3 is 5.97 Å². The molecule has 5 rings (SSSR count). The molecule has 1 fully saturated rings. The average molecular weight is 724 g/mol. The molecule has 4 aromatic rings. The lowest BCUT2D eigenvalue weighted by molar-refractivity contribution is -0.144. The van der Waals surface area contributed by atoms with Gasteiger partial charge in [0.25, 0.3) is 0 Å². The lowest BCUT2D eigenvalue weighted by atomic mass is 9.82. The molecule has 0 spiro atoms. The molecule has 2 aromatic heterocycles. The predicted molar refractivity (Wildman–Crippen MR) is 208 cm³/mol. The van der Waals surface area contributed by atoms with Crippen LogP contribution in [0.25, 0.3) is 22.5 Å². The summed E-state index contributed by atoms with van der Waals surface area (Å²) in [5.74, 6) is -0.987. The molecule has 3 heterocycles. The second kappa shape index (κ2) is 17.0. The summed E-state index contributed by atoms with van der Waals surface area (Å²) in [6.45, 7) is 13.5. The Hall–Kier alpha value is -4.37. The summed E-state index contributed by atoms with van der Waals surface area (Å²) in [5, 5.41) is 9.83. The van der Waals surface area contributed by atoms with Crippen LogP contribution in [-0.2, 0) is 21.4 Å². The standard InChI is InChI=1S/C43H53N3O5S/c1-7-8-9-10-11-22-51-34-18-16-30(17-19-34)33-25-44-39(45-26-33)31-14-12-29(13-15-31)23-32(24-36(47)37-20-21-38(52-37)42(2,3)4)40(48)46-27-35(41(49)50)43(5,6)28-46/h12-21,25-26,32,35H,7-11,22-24,27-28H2,1-6H3,(H,49,50)/t32-,35?/m1/s1. The Labute approximate surface area is 312 Å². The Morgan fingerprint density at radius 3 is 2.15 bits per heavy atom. The number of hydrogen-bond acceptors (Lipinski definition) is 7. The number of carboxylic acids is 1. The van der Waals surface area contributed by atoms with Crippen molar-refractivity contribution in [3.05, 3.63) is 88.4 Å². The molecule has 0 bridgehead atoms. The van der Waals surface area contributed by atoms with Gasteiger partial charge in [-0.15, -0.1) is 11.3 Å². The van der Waals surface area contributed by atoms with Crippen LogP contribution in [0.5, 0.6) is 5.75 Å². The van der Waals surface area contributed by atoms with Gasteiger partial charge in [-0.2, -0.15) is 0 Å². The van der Waals surface area contributed by atoms with Gasteiger partial charge in [-0.3, -0.25) is 14.4 Å². The number of unbranched alkanes of at least 4 members (excludes halogenated alkanes) is 4. The number of ketones is 1. The van der Waals surface area contributed by atoms with Gasteiger partial charge in [0, 0.05) is 53.8 Å². The van der Waals surface area contributed by atoms with Crippen molar-refractivity contribution in [2.45, 2.75) is 91.9 Å². The fraction of sp³-hybridized carbons (Fsp3) is 0.465. The first-order valence-electron chi connectivity index (χ1n) is 18.5. The van der Waals surface area contributed by atoms with Crippen LogP contribution >= 0.6 is 11.3 Å². The molecule has 1 saturated heterocycles. The number of hydrogen-bond donors (Lipinski definition) is 1. The number of benzene rings is 2. The zero-order valence-electron chi connectivity index (χ0n) is 31.5. The van der Waals surface area contributed by atoms with E-state index in [1.54, 1.807) is 4.90 Å². The number of aromatic nitrogens is 2. The number of aliphatic carboxylic acids is 1. The first-order valence-corrected chi connectivity index (χ1v) is 19.4. The number of carboxylic acid groups (broad SMARTS) is 1. The van der Waals surface area contributed by atoms with Crippen LogP contribution < -0.4 is 4.74 Å². The fourth-order valence-electron chi connectivity index (χ4n) is 6.77. The highest BCUT2D eigenvalue weighted by atomic mass is 32.1. The molecule has 1 aliphatic heterocycles. The van der Waals surface area contributed by atoms with Gasteiger partial charge < -0.3 is 14.7 Å². The highest BCUT2D eigenvalue weighted by molar-refractivity contribution is 7.14. The lowest BCUT2D eigenvalue weighted by Gasteiger charge is -2.25. The van der Waals surface area contributed by atoms with E-state index in [4.69, 9.17) is 4.74 Å². The molecule has 1 aliphatic rings. The van der Waals surface area contributed by atoms with Crippen molar-refractivity contribution in [3.8, 4) is 28.3 Å². The number of ether oxygens (including phenoxy) is 1. The minimum absolute atomic E-state index is 0.0517. The number of Topliss-reactive ketones (excluding diaryl/α,β-unsaturated/α-hetero) is 1. The van der Waals surface area contributed by atoms with Crippen molar-refractivity contribution in [2.75, 3.05) is 19.7 Å². The molecule has 9 heteroatoms. The van der Waals surface area contributed by atoms with E-state index in [9.17, 15) is 19.5 Å². The molecule has 8 nitrogen and oxygen atoms in total. The molecular weight excluding hydrogens is 671 g/mol. The summed E-state index contributed by atoms with van der Waals surface area (Å²) in [7, 11) is 0. The third-order valence-corrected chi connectivity index (χ3v) is 11.6. The van der Waals surface area contributed by atoms with Crippen molar-refractivity contribution in [1.82, 2.24) is 14.9 Å². The van der Waals surface area contributed by atoms with Crippen molar-refractivity contribution in [3.63, 3.8) is 0 Å². The van der Waals surface area contributed by atoms with E-state index in [0.717, 1.165) is 45.9 Å². The van der Waals surface area contributed by atoms with E-state index in [1.807, 2.05) is 86.9 Å². The van der Waals surface area contributed by atoms with E-state index < -0.39 is 23.2 Å². The molecule has 0 saturated carbocycles. The average Bonchev–Trinajstić information content (AvgIpc) is 3.75. The number of thiophene rings is 1. The van der Waals surface area contributed by atoms with Gasteiger partial charge in [-0.05, 0) is 59.1 Å². The van der Waals surface area contributed by atoms with Crippen LogP contribution in [0.1, 0.15) is 100 Å². The molecule has 276 valence electrons. The highest BCUT2D eigenvalue weighted by Gasteiger charge is 2.46. The van der Waals surface area contributed by atoms with E-state index in [-0.39, 0.29) is 30.1 Å². The quantitative estimate of drug-likeness (QED) is 0.0906. The van der Waals surface area contributed by atoms with Crippen molar-refractivity contribution in [1.29, 1.82) is 0 Å². The summed E-state index contributed by atoms with van der Waals surface area (Å²) in [6.07, 6.45) is 10.1. The maximum Gasteiger partial charge on any atom is 0.308 e. The number of likely N-dealkylation sites (tertiary alicyclic amines) is 1. The SMILES string of the molecule is CCCCCCCOc1ccc(-c2cnc(-c3ccc(C[C@H](CC(=O)c4ccc(C(C)(C)C)s4)C(=O)N4CC(C(=O)O)C(C)(C)C4)cc3)nc2)cc1. The highest BCUT2D eigenvalue weighted by Crippen LogP contribution is 2.37. The zero-order chi connectivity index (χ0) is 37.5. The summed E-state index contributed by atoms with van der Waals surface area (Å²) < 4.78 is 5.91. The van der Waals surface area contributed by atoms with Crippen LogP contribution in [-0.4, -0.2) is 57.3 Å². The maximum absolute atomic E-state index is 14.0. The second-order valence-electron chi connectivity index (χ2n) is 15.8. The molecule has 2 aromatic carbocycles. The van der Waals surface area contributed by atoms with E-state index in [1.165, 1.54) is 37.0 Å². The van der Waals surface area contributed by atoms with Gasteiger partial charge in [0.15, 0.2) is 11.6 Å². The number of rotatable bonds is 16. The Morgan fingerprint density at radius 2 is 1.56 bits per heavy atom. The van der Waals surface area contributed by atoms with Gasteiger partial charge in [0.2, 0.25) is 5.91 Å². The Morgan fingerprint density at radius 1 is 0.904 bits per heavy atom. The fourth-order valence-corrected chi connectivity index (χ4v) is 7.79. The van der Waals surface area contributed by atoms with Crippen LogP contribution in [0.4, 0.5) is 0 Å². The molecule has 1 amide bonds. The maximum atomic E-state index is 14.0. The van der Waals surface area contributed by atoms with E-state index in [0.29, 0.717) is 23.7 Å². The summed E-state index contributed by atoms with van der Waals surface area (Å²) in [4.78, 5) is 52.3. The number of amides is 1. The molecule has 52 heavy (non-hydrogen) atoms. The summed E-state index contributed by atoms with van der Waals surface area (Å²) in [6, 6.07) is 19.7. The molecule has 1 N–H and O–H groups in total. The zero-order valence-corrected chi connectivity index (χ0v) is 32.3. The first-order chi connectivity index (χ1) is 24.7. The second-order valence-corrected chi connectivity index (χ2v) is 16.9. The Kier molecular flexibility index (Phi) is 12.7. The summed E-state index contributed by atoms with van der Waals surface area (Å²) >= 11 is 1.48. The molecule has 0 radical (unpaired) electrons. The van der Waals surface area contributed by atoms with Gasteiger partial charge in [-0.25, -0.2) is 9.97 Å². The van der Waals surface area contributed by atoms with E-state index in [2.05, 4.69) is 37.7 Å². The summed E-state index contributed by atoms with van der Waals surface area (Å²) in [5.41, 5.74) is 3.03. The monoisotopic (exact) mass is 723 g/mol. The predicted octanol–water partition coefficient (Wildman–Crippen LogP) is 9.52. The lowest BCUT2D eigenvalue weighted by Crippen LogP contribution is -2.37. The molecule has 1 unspecified atom stereocenters. The van der Waals surface area contributed by atoms with Gasteiger partial charge in [0.05, 0.1) is 17.4 Å². The topological polar surface area (TPSA) is 110 Å². The molecular formula is C43H53N3O5S. The third kappa shape index (κ3) is 9.94. The normalized spacial score (nSPS) is 16.1. The third-order valence-electron chi connectivity index (χ3n) is 10.0. The Balaban J connectivity index is 1.26. The Bertz CT molecular complexity index is 1810. The van der Waals surface area contributed by atoms with Crippen molar-refractivity contribution >= 4 is 29.0 Å². The number of carbonyl (C=O) groups is 3. The largest absolute Gasteiger partial charge is 0.494 e. The van der Waals surface area contributed by atoms with E-state index >= 15 is 0 Å². The van der Waals surface area contributed by atoms with Gasteiger partial charge in [0.1, 0.15) is 5.75 Å². The first kappa shape index (κ1) is 38.9. The smallest absolute Gasteiger partial charge is 0.308 e. The number of nitrogens with zero attached hydrogens (tertiary/aromatic N) is 3. The minimum atomic E-state index is -0.904. The van der Waals surface area contributed by atoms with Gasteiger partial charge in [-0.1, -0.05) is 104 Å². The van der Waals surface area contributed by atoms with Crippen LogP contribution in [0, 0.1) is 17.3 Å². The van der Waals surface area contributed by atoms with Crippen LogP contribution in [0.3, 0.4) is 0 Å².